The molecule has 1 fully saturated rings. The van der Waals surface area contributed by atoms with E-state index in [1.54, 1.807) is 23.9 Å². The number of carbonyl (C=O) groups excluding carboxylic acids is 2. The molecule has 2 rings (SSSR count). The summed E-state index contributed by atoms with van der Waals surface area (Å²) >= 11 is 5.83. The van der Waals surface area contributed by atoms with E-state index in [9.17, 15) is 14.0 Å². The monoisotopic (exact) mass is 314 g/mol. The normalized spacial score (nSPS) is 15.0. The van der Waals surface area contributed by atoms with Crippen LogP contribution in [0.2, 0.25) is 5.15 Å². The summed E-state index contributed by atoms with van der Waals surface area (Å²) in [6, 6.07) is 0.988. The second-order valence-corrected chi connectivity index (χ2v) is 5.31. The smallest absolute Gasteiger partial charge is 0.319 e. The first kappa shape index (κ1) is 15.5. The SMILES string of the molecule is CN(C)C(=O)N1CCN(C(=O)c2cc(F)cnc2Cl)CC1. The van der Waals surface area contributed by atoms with Gasteiger partial charge >= 0.3 is 6.03 Å². The van der Waals surface area contributed by atoms with E-state index in [1.165, 1.54) is 4.90 Å². The van der Waals surface area contributed by atoms with E-state index < -0.39 is 5.82 Å². The molecular formula is C13H16ClFN4O2. The minimum Gasteiger partial charge on any atom is -0.335 e. The van der Waals surface area contributed by atoms with Gasteiger partial charge in [0.2, 0.25) is 0 Å². The molecule has 0 aromatic carbocycles. The Bertz CT molecular complexity index is 559. The van der Waals surface area contributed by atoms with Crippen LogP contribution < -0.4 is 0 Å². The van der Waals surface area contributed by atoms with Gasteiger partial charge in [0.1, 0.15) is 11.0 Å². The summed E-state index contributed by atoms with van der Waals surface area (Å²) in [6.07, 6.45) is 0.965. The number of rotatable bonds is 1. The Labute approximate surface area is 127 Å². The fourth-order valence-electron chi connectivity index (χ4n) is 2.13. The van der Waals surface area contributed by atoms with Crippen molar-refractivity contribution in [3.05, 3.63) is 28.8 Å². The van der Waals surface area contributed by atoms with E-state index in [0.29, 0.717) is 26.2 Å². The first-order valence-electron chi connectivity index (χ1n) is 6.46. The summed E-state index contributed by atoms with van der Waals surface area (Å²) < 4.78 is 13.2. The molecule has 0 saturated carbocycles. The van der Waals surface area contributed by atoms with Crippen molar-refractivity contribution in [2.45, 2.75) is 0 Å². The molecule has 1 aliphatic rings. The number of halogens is 2. The topological polar surface area (TPSA) is 56.8 Å². The van der Waals surface area contributed by atoms with Crippen LogP contribution in [0.1, 0.15) is 10.4 Å². The van der Waals surface area contributed by atoms with Crippen molar-refractivity contribution in [2.75, 3.05) is 40.3 Å². The minimum absolute atomic E-state index is 0.0202. The summed E-state index contributed by atoms with van der Waals surface area (Å²) in [5.74, 6) is -0.979. The number of piperazine rings is 1. The van der Waals surface area contributed by atoms with Crippen LogP contribution in [-0.4, -0.2) is 71.9 Å². The van der Waals surface area contributed by atoms with Gasteiger partial charge in [-0.05, 0) is 6.07 Å². The molecule has 3 amide bonds. The lowest BCUT2D eigenvalue weighted by molar-refractivity contribution is 0.0649. The Morgan fingerprint density at radius 3 is 2.38 bits per heavy atom. The lowest BCUT2D eigenvalue weighted by atomic mass is 10.2. The number of urea groups is 1. The molecule has 0 N–H and O–H groups in total. The number of amides is 3. The molecule has 0 unspecified atom stereocenters. The fourth-order valence-corrected chi connectivity index (χ4v) is 2.31. The second-order valence-electron chi connectivity index (χ2n) is 4.95. The van der Waals surface area contributed by atoms with Gasteiger partial charge in [0.15, 0.2) is 0 Å². The molecule has 0 aliphatic carbocycles. The summed E-state index contributed by atoms with van der Waals surface area (Å²) in [6.45, 7) is 1.63. The highest BCUT2D eigenvalue weighted by Gasteiger charge is 2.27. The molecule has 114 valence electrons. The summed E-state index contributed by atoms with van der Waals surface area (Å²) in [4.78, 5) is 32.4. The fraction of sp³-hybridized carbons (Fsp3) is 0.462. The quantitative estimate of drug-likeness (QED) is 0.735. The van der Waals surface area contributed by atoms with E-state index in [2.05, 4.69) is 4.98 Å². The first-order chi connectivity index (χ1) is 9.90. The van der Waals surface area contributed by atoms with Crippen molar-refractivity contribution < 1.29 is 14.0 Å². The summed E-state index contributed by atoms with van der Waals surface area (Å²) in [7, 11) is 3.36. The number of hydrogen-bond donors (Lipinski definition) is 0. The zero-order valence-electron chi connectivity index (χ0n) is 11.8. The molecule has 21 heavy (non-hydrogen) atoms. The van der Waals surface area contributed by atoms with Crippen molar-refractivity contribution in [1.82, 2.24) is 19.7 Å². The van der Waals surface area contributed by atoms with Gasteiger partial charge in [-0.2, -0.15) is 0 Å². The van der Waals surface area contributed by atoms with E-state index in [-0.39, 0.29) is 22.7 Å². The molecule has 0 atom stereocenters. The van der Waals surface area contributed by atoms with Crippen molar-refractivity contribution >= 4 is 23.5 Å². The Morgan fingerprint density at radius 2 is 1.81 bits per heavy atom. The van der Waals surface area contributed by atoms with Gasteiger partial charge in [-0.25, -0.2) is 14.2 Å². The van der Waals surface area contributed by atoms with E-state index in [0.717, 1.165) is 12.3 Å². The summed E-state index contributed by atoms with van der Waals surface area (Å²) in [5.41, 5.74) is 0.0454. The number of nitrogens with zero attached hydrogens (tertiary/aromatic N) is 4. The van der Waals surface area contributed by atoms with Crippen molar-refractivity contribution in [3.8, 4) is 0 Å². The second kappa shape index (κ2) is 6.26. The maximum Gasteiger partial charge on any atom is 0.319 e. The minimum atomic E-state index is -0.607. The van der Waals surface area contributed by atoms with Crippen LogP contribution >= 0.6 is 11.6 Å². The standard InChI is InChI=1S/C13H16ClFN4O2/c1-17(2)13(21)19-5-3-18(4-6-19)12(20)10-7-9(15)8-16-11(10)14/h7-8H,3-6H2,1-2H3. The van der Waals surface area contributed by atoms with Crippen LogP contribution in [0.4, 0.5) is 9.18 Å². The van der Waals surface area contributed by atoms with Gasteiger partial charge in [-0.3, -0.25) is 4.79 Å². The predicted molar refractivity (Wildman–Crippen MR) is 75.8 cm³/mol. The van der Waals surface area contributed by atoms with Gasteiger partial charge < -0.3 is 14.7 Å². The molecule has 1 aromatic heterocycles. The molecule has 2 heterocycles. The Morgan fingerprint density at radius 1 is 1.24 bits per heavy atom. The number of hydrogen-bond acceptors (Lipinski definition) is 3. The Kier molecular flexibility index (Phi) is 4.62. The van der Waals surface area contributed by atoms with Crippen molar-refractivity contribution in [3.63, 3.8) is 0 Å². The third-order valence-corrected chi connectivity index (χ3v) is 3.56. The molecule has 1 saturated heterocycles. The molecule has 1 aromatic rings. The van der Waals surface area contributed by atoms with Crippen molar-refractivity contribution in [2.24, 2.45) is 0 Å². The van der Waals surface area contributed by atoms with E-state index in [1.807, 2.05) is 0 Å². The van der Waals surface area contributed by atoms with Crippen LogP contribution in [0, 0.1) is 5.82 Å². The van der Waals surface area contributed by atoms with Crippen LogP contribution in [-0.2, 0) is 0 Å². The molecule has 0 spiro atoms. The molecule has 0 radical (unpaired) electrons. The van der Waals surface area contributed by atoms with Gasteiger partial charge in [-0.15, -0.1) is 0 Å². The van der Waals surface area contributed by atoms with Gasteiger partial charge in [-0.1, -0.05) is 11.6 Å². The lowest BCUT2D eigenvalue weighted by Crippen LogP contribution is -2.52. The summed E-state index contributed by atoms with van der Waals surface area (Å²) in [5, 5.41) is -0.0202. The molecule has 1 aliphatic heterocycles. The lowest BCUT2D eigenvalue weighted by Gasteiger charge is -2.36. The van der Waals surface area contributed by atoms with Crippen LogP contribution in [0.5, 0.6) is 0 Å². The molecular weight excluding hydrogens is 299 g/mol. The maximum absolute atomic E-state index is 13.2. The van der Waals surface area contributed by atoms with Gasteiger partial charge in [0.25, 0.3) is 5.91 Å². The van der Waals surface area contributed by atoms with Gasteiger partial charge in [0.05, 0.1) is 11.8 Å². The third-order valence-electron chi connectivity index (χ3n) is 3.26. The third kappa shape index (κ3) is 3.41. The first-order valence-corrected chi connectivity index (χ1v) is 6.84. The highest BCUT2D eigenvalue weighted by Crippen LogP contribution is 2.17. The van der Waals surface area contributed by atoms with E-state index in [4.69, 9.17) is 11.6 Å². The Hall–Kier alpha value is -1.89. The predicted octanol–water partition coefficient (Wildman–Crippen LogP) is 1.31. The van der Waals surface area contributed by atoms with Crippen LogP contribution in [0.25, 0.3) is 0 Å². The zero-order valence-corrected chi connectivity index (χ0v) is 12.6. The average Bonchev–Trinajstić information content (AvgIpc) is 2.48. The average molecular weight is 315 g/mol. The maximum atomic E-state index is 13.2. The van der Waals surface area contributed by atoms with Crippen molar-refractivity contribution in [1.29, 1.82) is 0 Å². The molecule has 8 heteroatoms. The van der Waals surface area contributed by atoms with Crippen LogP contribution in [0.15, 0.2) is 12.3 Å². The van der Waals surface area contributed by atoms with E-state index >= 15 is 0 Å². The molecule has 6 nitrogen and oxygen atoms in total. The highest BCUT2D eigenvalue weighted by molar-refractivity contribution is 6.32. The van der Waals surface area contributed by atoms with Crippen LogP contribution in [0.3, 0.4) is 0 Å². The zero-order chi connectivity index (χ0) is 15.6. The number of aromatic nitrogens is 1. The number of carbonyl (C=O) groups is 2. The van der Waals surface area contributed by atoms with Gasteiger partial charge in [0, 0.05) is 40.3 Å². The number of pyridine rings is 1. The molecule has 0 bridgehead atoms. The Balaban J connectivity index is 2.03. The highest BCUT2D eigenvalue weighted by atomic mass is 35.5. The largest absolute Gasteiger partial charge is 0.335 e.